The number of aromatic nitrogens is 3. The monoisotopic (exact) mass is 336 g/mol. The average Bonchev–Trinajstić information content (AvgIpc) is 2.81. The highest BCUT2D eigenvalue weighted by atomic mass is 79.9. The molecule has 2 aromatic heterocycles. The Hall–Kier alpha value is -1.20. The second-order valence-electron chi connectivity index (χ2n) is 5.15. The van der Waals surface area contributed by atoms with Gasteiger partial charge in [-0.2, -0.15) is 5.10 Å². The Morgan fingerprint density at radius 2 is 2.10 bits per heavy atom. The lowest BCUT2D eigenvalue weighted by Crippen LogP contribution is -2.22. The molecule has 0 atom stereocenters. The van der Waals surface area contributed by atoms with Gasteiger partial charge < -0.3 is 5.32 Å². The Labute approximate surface area is 128 Å². The van der Waals surface area contributed by atoms with Gasteiger partial charge in [-0.25, -0.2) is 9.67 Å². The topological polar surface area (TPSA) is 42.7 Å². The maximum Gasteiger partial charge on any atom is 0.153 e. The first kappa shape index (κ1) is 15.2. The van der Waals surface area contributed by atoms with Gasteiger partial charge >= 0.3 is 0 Å². The van der Waals surface area contributed by atoms with Crippen molar-refractivity contribution in [2.75, 3.05) is 0 Å². The number of nitrogens with one attached hydrogen (secondary N) is 1. The number of hydrogen-bond acceptors (Lipinski definition) is 3. The van der Waals surface area contributed by atoms with E-state index in [2.05, 4.69) is 52.1 Å². The lowest BCUT2D eigenvalue weighted by Gasteiger charge is -2.10. The Bertz CT molecular complexity index is 546. The molecule has 0 spiro atoms. The molecule has 0 aliphatic carbocycles. The van der Waals surface area contributed by atoms with Gasteiger partial charge in [-0.1, -0.05) is 27.2 Å². The van der Waals surface area contributed by atoms with E-state index in [0.29, 0.717) is 6.04 Å². The van der Waals surface area contributed by atoms with Gasteiger partial charge in [-0.05, 0) is 34.5 Å². The summed E-state index contributed by atoms with van der Waals surface area (Å²) in [4.78, 5) is 4.43. The maximum atomic E-state index is 4.51. The molecule has 0 saturated heterocycles. The summed E-state index contributed by atoms with van der Waals surface area (Å²) in [6.07, 6.45) is 5.85. The summed E-state index contributed by atoms with van der Waals surface area (Å²) in [6, 6.07) is 4.44. The first-order valence-corrected chi connectivity index (χ1v) is 7.82. The van der Waals surface area contributed by atoms with Crippen LogP contribution in [0.1, 0.15) is 38.4 Å². The number of rotatable bonds is 6. The maximum absolute atomic E-state index is 4.51. The van der Waals surface area contributed by atoms with Crippen molar-refractivity contribution < 1.29 is 0 Å². The van der Waals surface area contributed by atoms with Crippen molar-refractivity contribution in [1.29, 1.82) is 0 Å². The van der Waals surface area contributed by atoms with Gasteiger partial charge in [0, 0.05) is 28.8 Å². The molecule has 0 fully saturated rings. The van der Waals surface area contributed by atoms with Crippen molar-refractivity contribution in [1.82, 2.24) is 20.1 Å². The smallest absolute Gasteiger partial charge is 0.153 e. The van der Waals surface area contributed by atoms with E-state index in [1.165, 1.54) is 11.3 Å². The van der Waals surface area contributed by atoms with Gasteiger partial charge in [-0.15, -0.1) is 0 Å². The molecule has 0 unspecified atom stereocenters. The van der Waals surface area contributed by atoms with Crippen LogP contribution >= 0.6 is 15.9 Å². The molecule has 0 bridgehead atoms. The molecule has 0 radical (unpaired) electrons. The second kappa shape index (κ2) is 6.99. The van der Waals surface area contributed by atoms with Crippen molar-refractivity contribution in [2.45, 2.75) is 46.2 Å². The van der Waals surface area contributed by atoms with E-state index in [0.717, 1.165) is 29.7 Å². The molecular formula is C15H21BrN4. The van der Waals surface area contributed by atoms with Crippen LogP contribution in [0.3, 0.4) is 0 Å². The first-order chi connectivity index (χ1) is 9.61. The summed E-state index contributed by atoms with van der Waals surface area (Å²) < 4.78 is 2.93. The zero-order valence-corrected chi connectivity index (χ0v) is 13.8. The summed E-state index contributed by atoms with van der Waals surface area (Å²) in [5, 5.41) is 7.96. The van der Waals surface area contributed by atoms with E-state index in [1.54, 1.807) is 6.20 Å². The third-order valence-electron chi connectivity index (χ3n) is 3.07. The van der Waals surface area contributed by atoms with E-state index in [-0.39, 0.29) is 0 Å². The third kappa shape index (κ3) is 3.67. The van der Waals surface area contributed by atoms with Crippen LogP contribution in [0, 0.1) is 0 Å². The van der Waals surface area contributed by atoms with E-state index in [4.69, 9.17) is 0 Å². The van der Waals surface area contributed by atoms with Crippen LogP contribution in [0.4, 0.5) is 0 Å². The minimum absolute atomic E-state index is 0.471. The zero-order chi connectivity index (χ0) is 14.5. The van der Waals surface area contributed by atoms with Gasteiger partial charge in [0.1, 0.15) is 0 Å². The second-order valence-corrected chi connectivity index (χ2v) is 6.06. The van der Waals surface area contributed by atoms with Crippen LogP contribution in [0.5, 0.6) is 0 Å². The zero-order valence-electron chi connectivity index (χ0n) is 12.2. The summed E-state index contributed by atoms with van der Waals surface area (Å²) >= 11 is 3.41. The molecule has 5 heteroatoms. The van der Waals surface area contributed by atoms with Gasteiger partial charge in [0.2, 0.25) is 0 Å². The number of nitrogens with zero attached hydrogens (tertiary/aromatic N) is 3. The van der Waals surface area contributed by atoms with Crippen molar-refractivity contribution in [2.24, 2.45) is 0 Å². The normalized spacial score (nSPS) is 11.2. The molecule has 2 aromatic rings. The van der Waals surface area contributed by atoms with E-state index in [9.17, 15) is 0 Å². The highest BCUT2D eigenvalue weighted by Crippen LogP contribution is 2.17. The summed E-state index contributed by atoms with van der Waals surface area (Å²) in [5.74, 6) is 0.868. The largest absolute Gasteiger partial charge is 0.310 e. The van der Waals surface area contributed by atoms with Gasteiger partial charge in [-0.3, -0.25) is 0 Å². The molecule has 0 amide bonds. The third-order valence-corrected chi connectivity index (χ3v) is 3.54. The molecule has 4 nitrogen and oxygen atoms in total. The molecule has 1 N–H and O–H groups in total. The van der Waals surface area contributed by atoms with Crippen LogP contribution in [-0.2, 0) is 13.0 Å². The fraction of sp³-hybridized carbons (Fsp3) is 0.467. The SMILES string of the molecule is CCCc1c(CNC(C)C)cnn1-c1ccc(Br)cn1. The summed E-state index contributed by atoms with van der Waals surface area (Å²) in [5.41, 5.74) is 2.50. The number of halogens is 1. The lowest BCUT2D eigenvalue weighted by molar-refractivity contribution is 0.585. The van der Waals surface area contributed by atoms with Gasteiger partial charge in [0.15, 0.2) is 5.82 Å². The quantitative estimate of drug-likeness (QED) is 0.878. The summed E-state index contributed by atoms with van der Waals surface area (Å²) in [6.45, 7) is 7.34. The predicted octanol–water partition coefficient (Wildman–Crippen LogP) is 3.48. The number of pyridine rings is 1. The molecule has 20 heavy (non-hydrogen) atoms. The predicted molar refractivity (Wildman–Crippen MR) is 85.0 cm³/mol. The van der Waals surface area contributed by atoms with Crippen LogP contribution < -0.4 is 5.32 Å². The number of hydrogen-bond donors (Lipinski definition) is 1. The van der Waals surface area contributed by atoms with E-state index in [1.807, 2.05) is 23.0 Å². The molecule has 2 rings (SSSR count). The van der Waals surface area contributed by atoms with Crippen molar-refractivity contribution in [3.05, 3.63) is 40.3 Å². The highest BCUT2D eigenvalue weighted by Gasteiger charge is 2.12. The molecular weight excluding hydrogens is 316 g/mol. The fourth-order valence-corrected chi connectivity index (χ4v) is 2.30. The van der Waals surface area contributed by atoms with Crippen molar-refractivity contribution >= 4 is 15.9 Å². The van der Waals surface area contributed by atoms with Crippen LogP contribution in [0.25, 0.3) is 5.82 Å². The molecule has 108 valence electrons. The van der Waals surface area contributed by atoms with E-state index >= 15 is 0 Å². The standard InChI is InChI=1S/C15H21BrN4/c1-4-5-14-12(8-17-11(2)3)9-19-20(14)15-7-6-13(16)10-18-15/h6-7,9-11,17H,4-5,8H2,1-3H3. The molecule has 2 heterocycles. The van der Waals surface area contributed by atoms with E-state index < -0.39 is 0 Å². The average molecular weight is 337 g/mol. The Morgan fingerprint density at radius 1 is 1.30 bits per heavy atom. The Kier molecular flexibility index (Phi) is 5.31. The highest BCUT2D eigenvalue weighted by molar-refractivity contribution is 9.10. The fourth-order valence-electron chi connectivity index (χ4n) is 2.06. The Morgan fingerprint density at radius 3 is 2.70 bits per heavy atom. The van der Waals surface area contributed by atoms with Crippen LogP contribution in [0.15, 0.2) is 29.0 Å². The molecule has 0 aliphatic rings. The first-order valence-electron chi connectivity index (χ1n) is 7.03. The molecule has 0 aromatic carbocycles. The Balaban J connectivity index is 2.30. The van der Waals surface area contributed by atoms with Crippen molar-refractivity contribution in [3.8, 4) is 5.82 Å². The van der Waals surface area contributed by atoms with Crippen LogP contribution in [0.2, 0.25) is 0 Å². The minimum atomic E-state index is 0.471. The van der Waals surface area contributed by atoms with Crippen LogP contribution in [-0.4, -0.2) is 20.8 Å². The summed E-state index contributed by atoms with van der Waals surface area (Å²) in [7, 11) is 0. The minimum Gasteiger partial charge on any atom is -0.310 e. The molecule has 0 aliphatic heterocycles. The van der Waals surface area contributed by atoms with Crippen molar-refractivity contribution in [3.63, 3.8) is 0 Å². The van der Waals surface area contributed by atoms with Gasteiger partial charge in [0.05, 0.1) is 11.9 Å². The lowest BCUT2D eigenvalue weighted by atomic mass is 10.1. The molecule has 0 saturated carbocycles. The van der Waals surface area contributed by atoms with Gasteiger partial charge in [0.25, 0.3) is 0 Å².